The Morgan fingerprint density at radius 1 is 1.00 bits per heavy atom. The molecule has 1 aromatic heterocycles. The van der Waals surface area contributed by atoms with Crippen molar-refractivity contribution in [1.82, 2.24) is 10.3 Å². The number of benzene rings is 2. The van der Waals surface area contributed by atoms with E-state index in [-0.39, 0.29) is 11.9 Å². The molecule has 1 amide bonds. The summed E-state index contributed by atoms with van der Waals surface area (Å²) in [6.07, 6.45) is 4.73. The molecular weight excluding hydrogens is 320 g/mol. The van der Waals surface area contributed by atoms with Gasteiger partial charge in [0.2, 0.25) is 0 Å². The molecule has 3 aromatic rings. The molecule has 132 valence electrons. The van der Waals surface area contributed by atoms with E-state index in [1.807, 2.05) is 60.7 Å². The number of aromatic nitrogens is 1. The Kier molecular flexibility index (Phi) is 4.70. The Labute approximate surface area is 154 Å². The van der Waals surface area contributed by atoms with Crippen LogP contribution in [-0.2, 0) is 0 Å². The minimum atomic E-state index is 0.0135. The third kappa shape index (κ3) is 3.34. The molecule has 4 rings (SSSR count). The highest BCUT2D eigenvalue weighted by Crippen LogP contribution is 2.27. The van der Waals surface area contributed by atoms with Crippen molar-refractivity contribution in [2.24, 2.45) is 5.92 Å². The van der Waals surface area contributed by atoms with E-state index in [4.69, 9.17) is 4.98 Å². The van der Waals surface area contributed by atoms with Crippen molar-refractivity contribution in [2.75, 3.05) is 0 Å². The lowest BCUT2D eigenvalue weighted by Crippen LogP contribution is -2.41. The van der Waals surface area contributed by atoms with E-state index in [0.717, 1.165) is 28.6 Å². The van der Waals surface area contributed by atoms with Gasteiger partial charge in [0.1, 0.15) is 0 Å². The fraction of sp³-hybridized carbons (Fsp3) is 0.304. The molecule has 1 aliphatic rings. The number of hydrogen-bond acceptors (Lipinski definition) is 2. The van der Waals surface area contributed by atoms with E-state index < -0.39 is 0 Å². The zero-order valence-electron chi connectivity index (χ0n) is 15.1. The number of amides is 1. The molecule has 1 aliphatic carbocycles. The maximum atomic E-state index is 13.1. The van der Waals surface area contributed by atoms with E-state index >= 15 is 0 Å². The number of para-hydroxylation sites is 1. The van der Waals surface area contributed by atoms with Crippen molar-refractivity contribution >= 4 is 16.8 Å². The average Bonchev–Trinajstić information content (AvgIpc) is 2.69. The zero-order chi connectivity index (χ0) is 17.9. The lowest BCUT2D eigenvalue weighted by molar-refractivity contribution is 0.0912. The molecule has 3 heteroatoms. The van der Waals surface area contributed by atoms with E-state index in [1.165, 1.54) is 19.3 Å². The van der Waals surface area contributed by atoms with Gasteiger partial charge >= 0.3 is 0 Å². The Balaban J connectivity index is 1.74. The molecule has 0 bridgehead atoms. The Hall–Kier alpha value is -2.68. The maximum Gasteiger partial charge on any atom is 0.252 e. The molecular formula is C23H24N2O. The Bertz CT molecular complexity index is 920. The molecule has 1 N–H and O–H groups in total. The smallest absolute Gasteiger partial charge is 0.252 e. The largest absolute Gasteiger partial charge is 0.349 e. The summed E-state index contributed by atoms with van der Waals surface area (Å²) in [4.78, 5) is 17.9. The first-order valence-electron chi connectivity index (χ1n) is 9.48. The molecule has 2 atom stereocenters. The van der Waals surface area contributed by atoms with Crippen molar-refractivity contribution in [1.29, 1.82) is 0 Å². The van der Waals surface area contributed by atoms with Gasteiger partial charge in [-0.05, 0) is 30.9 Å². The number of carbonyl (C=O) groups is 1. The van der Waals surface area contributed by atoms with Crippen molar-refractivity contribution < 1.29 is 4.79 Å². The lowest BCUT2D eigenvalue weighted by Gasteiger charge is -2.29. The Morgan fingerprint density at radius 3 is 2.54 bits per heavy atom. The summed E-state index contributed by atoms with van der Waals surface area (Å²) in [6, 6.07) is 20.1. The standard InChI is InChI=1S/C23H24N2O/c1-16-9-5-7-13-20(16)25-23(26)19-15-22(17-10-3-2-4-11-17)24-21-14-8-6-12-18(19)21/h2-4,6,8,10-12,14-16,20H,5,7,9,13H2,1H3,(H,25,26)/t16-,20-/m1/s1. The van der Waals surface area contributed by atoms with E-state index in [1.54, 1.807) is 0 Å². The number of carbonyl (C=O) groups excluding carboxylic acids is 1. The molecule has 1 heterocycles. The summed E-state index contributed by atoms with van der Waals surface area (Å²) in [6.45, 7) is 2.24. The van der Waals surface area contributed by atoms with Crippen LogP contribution in [0.2, 0.25) is 0 Å². The van der Waals surface area contributed by atoms with Crippen molar-refractivity contribution in [3.8, 4) is 11.3 Å². The maximum absolute atomic E-state index is 13.1. The number of nitrogens with zero attached hydrogens (tertiary/aromatic N) is 1. The molecule has 0 unspecified atom stereocenters. The average molecular weight is 344 g/mol. The second-order valence-corrected chi connectivity index (χ2v) is 7.28. The summed E-state index contributed by atoms with van der Waals surface area (Å²) in [5.74, 6) is 0.550. The van der Waals surface area contributed by atoms with E-state index in [9.17, 15) is 4.79 Å². The molecule has 3 nitrogen and oxygen atoms in total. The second kappa shape index (κ2) is 7.28. The van der Waals surface area contributed by atoms with Gasteiger partial charge in [-0.3, -0.25) is 4.79 Å². The van der Waals surface area contributed by atoms with Gasteiger partial charge in [-0.2, -0.15) is 0 Å². The SMILES string of the molecule is C[C@@H]1CCCC[C@H]1NC(=O)c1cc(-c2ccccc2)nc2ccccc12. The number of fused-ring (bicyclic) bond motifs is 1. The van der Waals surface area contributed by atoms with Crippen LogP contribution in [-0.4, -0.2) is 16.9 Å². The van der Waals surface area contributed by atoms with Crippen LogP contribution < -0.4 is 5.32 Å². The predicted molar refractivity (Wildman–Crippen MR) is 106 cm³/mol. The first kappa shape index (κ1) is 16.8. The lowest BCUT2D eigenvalue weighted by atomic mass is 9.85. The van der Waals surface area contributed by atoms with Gasteiger partial charge < -0.3 is 5.32 Å². The third-order valence-corrected chi connectivity index (χ3v) is 5.46. The number of rotatable bonds is 3. The summed E-state index contributed by atoms with van der Waals surface area (Å²) in [5.41, 5.74) is 3.44. The van der Waals surface area contributed by atoms with E-state index in [0.29, 0.717) is 11.5 Å². The number of nitrogens with one attached hydrogen (secondary N) is 1. The van der Waals surface area contributed by atoms with Crippen LogP contribution in [0.1, 0.15) is 43.0 Å². The first-order chi connectivity index (χ1) is 12.7. The van der Waals surface area contributed by atoms with Crippen molar-refractivity contribution in [3.05, 3.63) is 66.2 Å². The molecule has 0 radical (unpaired) electrons. The minimum Gasteiger partial charge on any atom is -0.349 e. The van der Waals surface area contributed by atoms with Crippen LogP contribution in [0.5, 0.6) is 0 Å². The number of hydrogen-bond donors (Lipinski definition) is 1. The third-order valence-electron chi connectivity index (χ3n) is 5.46. The molecule has 1 saturated carbocycles. The van der Waals surface area contributed by atoms with Crippen LogP contribution in [0.3, 0.4) is 0 Å². The molecule has 0 spiro atoms. The van der Waals surface area contributed by atoms with Crippen LogP contribution in [0.15, 0.2) is 60.7 Å². The van der Waals surface area contributed by atoms with Gasteiger partial charge in [-0.25, -0.2) is 4.98 Å². The van der Waals surface area contributed by atoms with Gasteiger partial charge in [-0.1, -0.05) is 68.3 Å². The first-order valence-corrected chi connectivity index (χ1v) is 9.48. The van der Waals surface area contributed by atoms with Gasteiger partial charge in [-0.15, -0.1) is 0 Å². The minimum absolute atomic E-state index is 0.0135. The highest BCUT2D eigenvalue weighted by Gasteiger charge is 2.24. The number of pyridine rings is 1. The predicted octanol–water partition coefficient (Wildman–Crippen LogP) is 5.21. The van der Waals surface area contributed by atoms with Gasteiger partial charge in [0, 0.05) is 17.0 Å². The highest BCUT2D eigenvalue weighted by molar-refractivity contribution is 6.07. The summed E-state index contributed by atoms with van der Waals surface area (Å²) >= 11 is 0. The van der Waals surface area contributed by atoms with Crippen LogP contribution in [0.25, 0.3) is 22.2 Å². The summed E-state index contributed by atoms with van der Waals surface area (Å²) in [5, 5.41) is 4.20. The van der Waals surface area contributed by atoms with Gasteiger partial charge in [0.25, 0.3) is 5.91 Å². The fourth-order valence-electron chi connectivity index (χ4n) is 3.90. The quantitative estimate of drug-likeness (QED) is 0.708. The monoisotopic (exact) mass is 344 g/mol. The van der Waals surface area contributed by atoms with E-state index in [2.05, 4.69) is 12.2 Å². The topological polar surface area (TPSA) is 42.0 Å². The van der Waals surface area contributed by atoms with Crippen molar-refractivity contribution in [3.63, 3.8) is 0 Å². The molecule has 2 aromatic carbocycles. The zero-order valence-corrected chi connectivity index (χ0v) is 15.1. The van der Waals surface area contributed by atoms with Crippen molar-refractivity contribution in [2.45, 2.75) is 38.6 Å². The fourth-order valence-corrected chi connectivity index (χ4v) is 3.90. The highest BCUT2D eigenvalue weighted by atomic mass is 16.1. The second-order valence-electron chi connectivity index (χ2n) is 7.28. The van der Waals surface area contributed by atoms with Crippen LogP contribution in [0.4, 0.5) is 0 Å². The van der Waals surface area contributed by atoms with Gasteiger partial charge in [0.15, 0.2) is 0 Å². The molecule has 1 fully saturated rings. The normalized spacial score (nSPS) is 20.0. The molecule has 0 aliphatic heterocycles. The molecule has 26 heavy (non-hydrogen) atoms. The molecule has 0 saturated heterocycles. The Morgan fingerprint density at radius 2 is 1.73 bits per heavy atom. The summed E-state index contributed by atoms with van der Waals surface area (Å²) in [7, 11) is 0. The summed E-state index contributed by atoms with van der Waals surface area (Å²) < 4.78 is 0. The van der Waals surface area contributed by atoms with Gasteiger partial charge in [0.05, 0.1) is 16.8 Å². The van der Waals surface area contributed by atoms with Crippen LogP contribution in [0, 0.1) is 5.92 Å². The van der Waals surface area contributed by atoms with Crippen LogP contribution >= 0.6 is 0 Å².